The van der Waals surface area contributed by atoms with Crippen LogP contribution in [0.1, 0.15) is 62.2 Å². The summed E-state index contributed by atoms with van der Waals surface area (Å²) in [5.41, 5.74) is 1.91. The third kappa shape index (κ3) is 3.15. The van der Waals surface area contributed by atoms with Crippen LogP contribution in [-0.2, 0) is 6.54 Å². The third-order valence-corrected chi connectivity index (χ3v) is 5.98. The molecular formula is C20H27N7O. The van der Waals surface area contributed by atoms with E-state index in [1.807, 2.05) is 10.6 Å². The van der Waals surface area contributed by atoms with E-state index in [-0.39, 0.29) is 0 Å². The second-order valence-electron chi connectivity index (χ2n) is 8.23. The Morgan fingerprint density at radius 1 is 1.11 bits per heavy atom. The van der Waals surface area contributed by atoms with Crippen LogP contribution >= 0.6 is 0 Å². The van der Waals surface area contributed by atoms with Crippen molar-refractivity contribution in [1.29, 1.82) is 0 Å². The van der Waals surface area contributed by atoms with Crippen LogP contribution in [0, 0.1) is 0 Å². The van der Waals surface area contributed by atoms with Crippen molar-refractivity contribution in [2.24, 2.45) is 0 Å². The molecule has 0 unspecified atom stereocenters. The van der Waals surface area contributed by atoms with Gasteiger partial charge in [0, 0.05) is 31.5 Å². The van der Waals surface area contributed by atoms with E-state index in [0.717, 1.165) is 74.3 Å². The minimum atomic E-state index is 0.365. The van der Waals surface area contributed by atoms with Gasteiger partial charge in [0.1, 0.15) is 11.6 Å². The van der Waals surface area contributed by atoms with E-state index < -0.39 is 0 Å². The zero-order valence-corrected chi connectivity index (χ0v) is 16.6. The Kier molecular flexibility index (Phi) is 4.50. The van der Waals surface area contributed by atoms with E-state index in [1.165, 1.54) is 6.42 Å². The summed E-state index contributed by atoms with van der Waals surface area (Å²) in [5.74, 6) is 3.80. The third-order valence-electron chi connectivity index (χ3n) is 5.98. The minimum absolute atomic E-state index is 0.365. The molecule has 8 nitrogen and oxygen atoms in total. The number of piperidine rings is 1. The Bertz CT molecular complexity index is 951. The highest BCUT2D eigenvalue weighted by molar-refractivity contribution is 5.47. The number of anilines is 1. The van der Waals surface area contributed by atoms with Crippen molar-refractivity contribution in [2.75, 3.05) is 31.1 Å². The summed E-state index contributed by atoms with van der Waals surface area (Å²) in [6.07, 6.45) is 4.94. The quantitative estimate of drug-likeness (QED) is 0.673. The molecule has 0 N–H and O–H groups in total. The van der Waals surface area contributed by atoms with Crippen molar-refractivity contribution in [2.45, 2.75) is 51.5 Å². The van der Waals surface area contributed by atoms with Crippen molar-refractivity contribution in [3.05, 3.63) is 35.8 Å². The Hall–Kier alpha value is -2.48. The molecule has 0 amide bonds. The highest BCUT2D eigenvalue weighted by Gasteiger charge is 2.27. The summed E-state index contributed by atoms with van der Waals surface area (Å²) >= 11 is 0. The first-order valence-electron chi connectivity index (χ1n) is 10.3. The zero-order valence-electron chi connectivity index (χ0n) is 16.6. The van der Waals surface area contributed by atoms with Crippen LogP contribution in [-0.4, -0.2) is 55.9 Å². The van der Waals surface area contributed by atoms with Gasteiger partial charge in [0.25, 0.3) is 0 Å². The first kappa shape index (κ1) is 17.6. The van der Waals surface area contributed by atoms with Gasteiger partial charge in [0.15, 0.2) is 17.9 Å². The second kappa shape index (κ2) is 7.16. The van der Waals surface area contributed by atoms with Crippen molar-refractivity contribution < 1.29 is 4.42 Å². The number of rotatable bonds is 5. The summed E-state index contributed by atoms with van der Waals surface area (Å²) in [5, 5.41) is 13.7. The van der Waals surface area contributed by atoms with Gasteiger partial charge in [-0.3, -0.25) is 4.90 Å². The second-order valence-corrected chi connectivity index (χ2v) is 8.23. The van der Waals surface area contributed by atoms with Gasteiger partial charge in [-0.25, -0.2) is 4.98 Å². The molecule has 0 radical (unpaired) electrons. The summed E-state index contributed by atoms with van der Waals surface area (Å²) in [4.78, 5) is 9.19. The van der Waals surface area contributed by atoms with Crippen molar-refractivity contribution in [3.8, 4) is 0 Å². The van der Waals surface area contributed by atoms with Crippen LogP contribution < -0.4 is 4.90 Å². The van der Waals surface area contributed by atoms with Crippen LogP contribution in [0.5, 0.6) is 0 Å². The predicted octanol–water partition coefficient (Wildman–Crippen LogP) is 2.83. The molecule has 148 valence electrons. The summed E-state index contributed by atoms with van der Waals surface area (Å²) in [6.45, 7) is 9.38. The van der Waals surface area contributed by atoms with Gasteiger partial charge < -0.3 is 9.32 Å². The molecule has 0 atom stereocenters. The lowest BCUT2D eigenvalue weighted by Crippen LogP contribution is -2.38. The zero-order chi connectivity index (χ0) is 19.1. The molecule has 3 aromatic heterocycles. The molecule has 3 aromatic rings. The average molecular weight is 381 g/mol. The van der Waals surface area contributed by atoms with E-state index in [2.05, 4.69) is 44.9 Å². The fraction of sp³-hybridized carbons (Fsp3) is 0.600. The molecule has 0 aliphatic carbocycles. The first-order valence-corrected chi connectivity index (χ1v) is 10.3. The van der Waals surface area contributed by atoms with Crippen molar-refractivity contribution in [1.82, 2.24) is 29.7 Å². The Balaban J connectivity index is 1.28. The lowest BCUT2D eigenvalue weighted by atomic mass is 9.96. The Morgan fingerprint density at radius 2 is 1.93 bits per heavy atom. The number of fused-ring (bicyclic) bond motifs is 1. The predicted molar refractivity (Wildman–Crippen MR) is 105 cm³/mol. The SMILES string of the molecule is CC(C)c1ocnc1CN1CCC(c2nnc3ccc(N4CCC4)nn23)CC1. The topological polar surface area (TPSA) is 75.6 Å². The minimum Gasteiger partial charge on any atom is -0.448 e. The van der Waals surface area contributed by atoms with Crippen LogP contribution in [0.15, 0.2) is 22.9 Å². The molecular weight excluding hydrogens is 354 g/mol. The van der Waals surface area contributed by atoms with E-state index in [1.54, 1.807) is 6.39 Å². The molecule has 0 aromatic carbocycles. The lowest BCUT2D eigenvalue weighted by molar-refractivity contribution is 0.197. The van der Waals surface area contributed by atoms with Crippen LogP contribution in [0.4, 0.5) is 5.82 Å². The van der Waals surface area contributed by atoms with E-state index in [9.17, 15) is 0 Å². The Morgan fingerprint density at radius 3 is 2.64 bits per heavy atom. The molecule has 8 heteroatoms. The fourth-order valence-electron chi connectivity index (χ4n) is 4.19. The molecule has 5 rings (SSSR count). The number of aromatic nitrogens is 5. The van der Waals surface area contributed by atoms with Crippen molar-refractivity contribution >= 4 is 11.5 Å². The maximum Gasteiger partial charge on any atom is 0.181 e. The van der Waals surface area contributed by atoms with Crippen LogP contribution in [0.3, 0.4) is 0 Å². The van der Waals surface area contributed by atoms with E-state index >= 15 is 0 Å². The number of hydrogen-bond donors (Lipinski definition) is 0. The van der Waals surface area contributed by atoms with Crippen LogP contribution in [0.25, 0.3) is 5.65 Å². The molecule has 28 heavy (non-hydrogen) atoms. The number of likely N-dealkylation sites (tertiary alicyclic amines) is 1. The largest absolute Gasteiger partial charge is 0.448 e. The van der Waals surface area contributed by atoms with Gasteiger partial charge in [-0.2, -0.15) is 4.52 Å². The highest BCUT2D eigenvalue weighted by atomic mass is 16.3. The molecule has 2 aliphatic rings. The van der Waals surface area contributed by atoms with Crippen LogP contribution in [0.2, 0.25) is 0 Å². The van der Waals surface area contributed by atoms with Crippen molar-refractivity contribution in [3.63, 3.8) is 0 Å². The van der Waals surface area contributed by atoms with Gasteiger partial charge in [-0.05, 0) is 44.5 Å². The lowest BCUT2D eigenvalue weighted by Gasteiger charge is -2.32. The first-order chi connectivity index (χ1) is 13.7. The molecule has 5 heterocycles. The van der Waals surface area contributed by atoms with Gasteiger partial charge in [-0.15, -0.1) is 15.3 Å². The van der Waals surface area contributed by atoms with E-state index in [0.29, 0.717) is 11.8 Å². The van der Waals surface area contributed by atoms with E-state index in [4.69, 9.17) is 9.52 Å². The molecule has 2 aliphatic heterocycles. The number of hydrogen-bond acceptors (Lipinski definition) is 7. The highest BCUT2D eigenvalue weighted by Crippen LogP contribution is 2.29. The maximum atomic E-state index is 5.57. The van der Waals surface area contributed by atoms with Gasteiger partial charge in [-0.1, -0.05) is 13.8 Å². The normalized spacial score (nSPS) is 18.9. The summed E-state index contributed by atoms with van der Waals surface area (Å²) in [7, 11) is 0. The average Bonchev–Trinajstić information content (AvgIpc) is 3.28. The molecule has 0 bridgehead atoms. The smallest absolute Gasteiger partial charge is 0.181 e. The molecule has 2 fully saturated rings. The monoisotopic (exact) mass is 381 g/mol. The Labute approximate surface area is 164 Å². The molecule has 0 saturated carbocycles. The standard InChI is InChI=1S/C20H27N7O/c1-14(2)19-16(21-13-28-19)12-25-10-6-15(7-11-25)20-23-22-17-4-5-18(24-27(17)20)26-8-3-9-26/h4-5,13-15H,3,6-12H2,1-2H3. The fourth-order valence-corrected chi connectivity index (χ4v) is 4.19. The van der Waals surface area contributed by atoms with Gasteiger partial charge in [0.05, 0.1) is 5.69 Å². The molecule has 0 spiro atoms. The van der Waals surface area contributed by atoms with Gasteiger partial charge in [0.2, 0.25) is 0 Å². The van der Waals surface area contributed by atoms with Gasteiger partial charge >= 0.3 is 0 Å². The summed E-state index contributed by atoms with van der Waals surface area (Å²) in [6, 6.07) is 4.09. The molecule has 2 saturated heterocycles. The maximum absolute atomic E-state index is 5.57. The number of oxazole rings is 1. The summed E-state index contributed by atoms with van der Waals surface area (Å²) < 4.78 is 7.53. The number of nitrogens with zero attached hydrogens (tertiary/aromatic N) is 7.